The Bertz CT molecular complexity index is 473. The number of unbranched alkanes of at least 4 members (excludes halogenated alkanes) is 1. The summed E-state index contributed by atoms with van der Waals surface area (Å²) in [6, 6.07) is 10.0. The molecule has 0 aliphatic rings. The van der Waals surface area contributed by atoms with Gasteiger partial charge < -0.3 is 31.7 Å². The highest BCUT2D eigenvalue weighted by Gasteiger charge is 2.15. The zero-order chi connectivity index (χ0) is 19.6. The summed E-state index contributed by atoms with van der Waals surface area (Å²) in [7, 11) is 1.43. The van der Waals surface area contributed by atoms with Gasteiger partial charge in [-0.05, 0) is 31.5 Å². The van der Waals surface area contributed by atoms with Gasteiger partial charge in [0.15, 0.2) is 0 Å². The lowest BCUT2D eigenvalue weighted by molar-refractivity contribution is -0.141. The molecule has 27 heavy (non-hydrogen) atoms. The minimum atomic E-state index is -0.199. The van der Waals surface area contributed by atoms with Gasteiger partial charge in [-0.15, -0.1) is 0 Å². The SMILES string of the molecule is COC(=O)CC(NCCNCCCCNCCNCCN)c1ccccc1. The van der Waals surface area contributed by atoms with Gasteiger partial charge >= 0.3 is 5.97 Å². The van der Waals surface area contributed by atoms with Crippen molar-refractivity contribution >= 4 is 5.97 Å². The molecule has 154 valence electrons. The van der Waals surface area contributed by atoms with Gasteiger partial charge in [0.25, 0.3) is 0 Å². The zero-order valence-electron chi connectivity index (χ0n) is 16.6. The topological polar surface area (TPSA) is 100 Å². The van der Waals surface area contributed by atoms with Crippen LogP contribution in [0.2, 0.25) is 0 Å². The Morgan fingerprint density at radius 1 is 0.926 bits per heavy atom. The summed E-state index contributed by atoms with van der Waals surface area (Å²) in [5.74, 6) is -0.199. The number of ether oxygens (including phenoxy) is 1. The van der Waals surface area contributed by atoms with Crippen LogP contribution in [0.3, 0.4) is 0 Å². The van der Waals surface area contributed by atoms with E-state index in [0.29, 0.717) is 13.0 Å². The van der Waals surface area contributed by atoms with Crippen LogP contribution >= 0.6 is 0 Å². The molecule has 0 fully saturated rings. The minimum absolute atomic E-state index is 0.0162. The van der Waals surface area contributed by atoms with Gasteiger partial charge in [0.2, 0.25) is 0 Å². The Hall–Kier alpha value is -1.51. The molecule has 0 saturated heterocycles. The summed E-state index contributed by atoms with van der Waals surface area (Å²) in [6.07, 6.45) is 2.64. The second kappa shape index (κ2) is 16.6. The van der Waals surface area contributed by atoms with Crippen LogP contribution in [0.15, 0.2) is 30.3 Å². The smallest absolute Gasteiger partial charge is 0.307 e. The van der Waals surface area contributed by atoms with Crippen molar-refractivity contribution in [1.82, 2.24) is 21.3 Å². The van der Waals surface area contributed by atoms with Crippen LogP contribution in [-0.2, 0) is 9.53 Å². The molecule has 0 aliphatic carbocycles. The third kappa shape index (κ3) is 12.5. The molecule has 1 atom stereocenters. The fourth-order valence-corrected chi connectivity index (χ4v) is 2.73. The van der Waals surface area contributed by atoms with Crippen molar-refractivity contribution in [3.8, 4) is 0 Å². The van der Waals surface area contributed by atoms with Crippen molar-refractivity contribution in [2.75, 3.05) is 59.5 Å². The fraction of sp³-hybridized carbons (Fsp3) is 0.650. The number of carbonyl (C=O) groups excluding carboxylic acids is 1. The molecule has 1 unspecified atom stereocenters. The molecule has 0 spiro atoms. The molecule has 0 bridgehead atoms. The molecular formula is C20H37N5O2. The summed E-state index contributed by atoms with van der Waals surface area (Å²) in [6.45, 7) is 7.25. The molecule has 0 heterocycles. The van der Waals surface area contributed by atoms with E-state index in [1.165, 1.54) is 7.11 Å². The molecule has 1 aromatic carbocycles. The van der Waals surface area contributed by atoms with Crippen molar-refractivity contribution < 1.29 is 9.53 Å². The summed E-state index contributed by atoms with van der Waals surface area (Å²) in [4.78, 5) is 11.6. The van der Waals surface area contributed by atoms with Crippen LogP contribution in [0.25, 0.3) is 0 Å². The highest BCUT2D eigenvalue weighted by Crippen LogP contribution is 2.16. The first-order chi connectivity index (χ1) is 13.3. The van der Waals surface area contributed by atoms with Gasteiger partial charge in [-0.3, -0.25) is 4.79 Å². The number of benzene rings is 1. The van der Waals surface area contributed by atoms with Gasteiger partial charge in [0, 0.05) is 45.3 Å². The molecular weight excluding hydrogens is 342 g/mol. The van der Waals surface area contributed by atoms with Crippen LogP contribution in [0.5, 0.6) is 0 Å². The van der Waals surface area contributed by atoms with Gasteiger partial charge in [0.1, 0.15) is 0 Å². The van der Waals surface area contributed by atoms with Crippen molar-refractivity contribution in [2.24, 2.45) is 5.73 Å². The average molecular weight is 380 g/mol. The number of rotatable bonds is 17. The first kappa shape index (κ1) is 23.5. The summed E-state index contributed by atoms with van der Waals surface area (Å²) < 4.78 is 4.81. The molecule has 0 amide bonds. The van der Waals surface area contributed by atoms with Crippen LogP contribution in [0, 0.1) is 0 Å². The first-order valence-electron chi connectivity index (χ1n) is 9.95. The third-order valence-electron chi connectivity index (χ3n) is 4.25. The number of hydrogen-bond acceptors (Lipinski definition) is 7. The van der Waals surface area contributed by atoms with Crippen LogP contribution in [0.4, 0.5) is 0 Å². The number of nitrogens with two attached hydrogens (primary N) is 1. The molecule has 7 nitrogen and oxygen atoms in total. The highest BCUT2D eigenvalue weighted by molar-refractivity contribution is 5.70. The largest absolute Gasteiger partial charge is 0.469 e. The average Bonchev–Trinajstić information content (AvgIpc) is 2.71. The van der Waals surface area contributed by atoms with Crippen LogP contribution < -0.4 is 27.0 Å². The number of carbonyl (C=O) groups is 1. The van der Waals surface area contributed by atoms with E-state index in [2.05, 4.69) is 21.3 Å². The Kier molecular flexibility index (Phi) is 14.5. The van der Waals surface area contributed by atoms with Gasteiger partial charge in [-0.1, -0.05) is 30.3 Å². The van der Waals surface area contributed by atoms with Crippen LogP contribution in [-0.4, -0.2) is 65.4 Å². The number of esters is 1. The Labute approximate surface area is 163 Å². The fourth-order valence-electron chi connectivity index (χ4n) is 2.73. The number of methoxy groups -OCH3 is 1. The molecule has 0 radical (unpaired) electrons. The highest BCUT2D eigenvalue weighted by atomic mass is 16.5. The van der Waals surface area contributed by atoms with E-state index in [-0.39, 0.29) is 12.0 Å². The van der Waals surface area contributed by atoms with E-state index < -0.39 is 0 Å². The van der Waals surface area contributed by atoms with E-state index in [1.807, 2.05) is 30.3 Å². The molecule has 6 N–H and O–H groups in total. The van der Waals surface area contributed by atoms with E-state index in [1.54, 1.807) is 0 Å². The Balaban J connectivity index is 2.05. The van der Waals surface area contributed by atoms with E-state index in [9.17, 15) is 4.79 Å². The van der Waals surface area contributed by atoms with Crippen molar-refractivity contribution in [1.29, 1.82) is 0 Å². The monoisotopic (exact) mass is 379 g/mol. The number of nitrogens with one attached hydrogen (secondary N) is 4. The van der Waals surface area contributed by atoms with E-state index in [0.717, 1.165) is 64.2 Å². The quantitative estimate of drug-likeness (QED) is 0.197. The summed E-state index contributed by atoms with van der Waals surface area (Å²) in [5.41, 5.74) is 6.52. The van der Waals surface area contributed by atoms with Crippen LogP contribution in [0.1, 0.15) is 30.9 Å². The van der Waals surface area contributed by atoms with E-state index >= 15 is 0 Å². The Morgan fingerprint density at radius 3 is 2.11 bits per heavy atom. The van der Waals surface area contributed by atoms with Gasteiger partial charge in [-0.2, -0.15) is 0 Å². The third-order valence-corrected chi connectivity index (χ3v) is 4.25. The van der Waals surface area contributed by atoms with Crippen molar-refractivity contribution in [2.45, 2.75) is 25.3 Å². The molecule has 1 aromatic rings. The molecule has 7 heteroatoms. The second-order valence-corrected chi connectivity index (χ2v) is 6.44. The predicted molar refractivity (Wildman–Crippen MR) is 111 cm³/mol. The maximum absolute atomic E-state index is 11.6. The predicted octanol–water partition coefficient (Wildman–Crippen LogP) is 0.388. The van der Waals surface area contributed by atoms with Gasteiger partial charge in [0.05, 0.1) is 13.5 Å². The first-order valence-corrected chi connectivity index (χ1v) is 9.95. The summed E-state index contributed by atoms with van der Waals surface area (Å²) in [5, 5.41) is 13.6. The second-order valence-electron chi connectivity index (χ2n) is 6.44. The standard InChI is InChI=1S/C20H37N5O2/c1-27-20(26)17-19(18-7-3-2-4-8-18)25-16-15-23-11-6-5-10-22-13-14-24-12-9-21/h2-4,7-8,19,22-25H,5-6,9-17,21H2,1H3. The maximum atomic E-state index is 11.6. The number of hydrogen-bond donors (Lipinski definition) is 5. The normalized spacial score (nSPS) is 12.1. The van der Waals surface area contributed by atoms with Crippen molar-refractivity contribution in [3.63, 3.8) is 0 Å². The van der Waals surface area contributed by atoms with E-state index in [4.69, 9.17) is 10.5 Å². The molecule has 0 aromatic heterocycles. The van der Waals surface area contributed by atoms with Gasteiger partial charge in [-0.25, -0.2) is 0 Å². The Morgan fingerprint density at radius 2 is 1.52 bits per heavy atom. The molecule has 1 rings (SSSR count). The lowest BCUT2D eigenvalue weighted by Crippen LogP contribution is -2.32. The lowest BCUT2D eigenvalue weighted by Gasteiger charge is -2.18. The molecule has 0 saturated carbocycles. The summed E-state index contributed by atoms with van der Waals surface area (Å²) >= 11 is 0. The minimum Gasteiger partial charge on any atom is -0.469 e. The lowest BCUT2D eigenvalue weighted by atomic mass is 10.0. The maximum Gasteiger partial charge on any atom is 0.307 e. The molecule has 0 aliphatic heterocycles. The van der Waals surface area contributed by atoms with Crippen molar-refractivity contribution in [3.05, 3.63) is 35.9 Å². The zero-order valence-corrected chi connectivity index (χ0v) is 16.6.